The van der Waals surface area contributed by atoms with Gasteiger partial charge < -0.3 is 19.8 Å². The molecule has 0 aromatic heterocycles. The number of ether oxygens (including phenoxy) is 1. The van der Waals surface area contributed by atoms with Gasteiger partial charge in [-0.3, -0.25) is 4.79 Å². The summed E-state index contributed by atoms with van der Waals surface area (Å²) >= 11 is 0. The van der Waals surface area contributed by atoms with Crippen molar-refractivity contribution in [3.05, 3.63) is 35.9 Å². The van der Waals surface area contributed by atoms with Crippen molar-refractivity contribution in [1.29, 1.82) is 0 Å². The standard InChI is InChI=1S/C18H25N3O3/c1-23-10-9-21-8-7-14(13-21)12-19-18(22)16-11-17(24-20-16)15-5-3-2-4-6-15/h2-6,14,17H,7-13H2,1H3,(H,19,22)/t14-,17-/m0/s1. The zero-order chi connectivity index (χ0) is 16.8. The predicted octanol–water partition coefficient (Wildman–Crippen LogP) is 1.59. The SMILES string of the molecule is COCCN1CC[C@@H](CNC(=O)C2=NO[C@H](c3ccccc3)C2)C1. The summed E-state index contributed by atoms with van der Waals surface area (Å²) in [5, 5.41) is 6.98. The Kier molecular flexibility index (Phi) is 5.82. The van der Waals surface area contributed by atoms with Gasteiger partial charge in [0.05, 0.1) is 6.61 Å². The number of hydrogen-bond acceptors (Lipinski definition) is 5. The Morgan fingerprint density at radius 3 is 3.04 bits per heavy atom. The van der Waals surface area contributed by atoms with E-state index >= 15 is 0 Å². The molecule has 0 aliphatic carbocycles. The van der Waals surface area contributed by atoms with Crippen LogP contribution in [-0.2, 0) is 14.4 Å². The smallest absolute Gasteiger partial charge is 0.269 e. The van der Waals surface area contributed by atoms with E-state index < -0.39 is 0 Å². The number of hydrogen-bond donors (Lipinski definition) is 1. The van der Waals surface area contributed by atoms with Crippen molar-refractivity contribution >= 4 is 11.6 Å². The number of benzene rings is 1. The molecule has 2 atom stereocenters. The van der Waals surface area contributed by atoms with E-state index in [-0.39, 0.29) is 12.0 Å². The maximum absolute atomic E-state index is 12.3. The van der Waals surface area contributed by atoms with E-state index in [0.29, 0.717) is 24.6 Å². The number of carbonyl (C=O) groups is 1. The number of methoxy groups -OCH3 is 1. The summed E-state index contributed by atoms with van der Waals surface area (Å²) in [5.41, 5.74) is 1.53. The Morgan fingerprint density at radius 1 is 1.42 bits per heavy atom. The minimum atomic E-state index is -0.150. The Labute approximate surface area is 142 Å². The average Bonchev–Trinajstić information content (AvgIpc) is 3.28. The van der Waals surface area contributed by atoms with Crippen molar-refractivity contribution in [1.82, 2.24) is 10.2 Å². The number of nitrogens with zero attached hydrogens (tertiary/aromatic N) is 2. The quantitative estimate of drug-likeness (QED) is 0.824. The van der Waals surface area contributed by atoms with E-state index in [2.05, 4.69) is 15.4 Å². The van der Waals surface area contributed by atoms with Crippen LogP contribution in [0.25, 0.3) is 0 Å². The van der Waals surface area contributed by atoms with Crippen LogP contribution in [0, 0.1) is 5.92 Å². The monoisotopic (exact) mass is 331 g/mol. The van der Waals surface area contributed by atoms with Crippen molar-refractivity contribution in [2.45, 2.75) is 18.9 Å². The highest BCUT2D eigenvalue weighted by atomic mass is 16.6. The largest absolute Gasteiger partial charge is 0.387 e. The average molecular weight is 331 g/mol. The van der Waals surface area contributed by atoms with E-state index in [0.717, 1.165) is 38.2 Å². The summed E-state index contributed by atoms with van der Waals surface area (Å²) < 4.78 is 5.11. The number of likely N-dealkylation sites (tertiary alicyclic amines) is 1. The second-order valence-electron chi connectivity index (χ2n) is 6.40. The van der Waals surface area contributed by atoms with Gasteiger partial charge in [-0.2, -0.15) is 0 Å². The molecule has 6 heteroatoms. The van der Waals surface area contributed by atoms with E-state index in [4.69, 9.17) is 9.57 Å². The van der Waals surface area contributed by atoms with Gasteiger partial charge in [0.2, 0.25) is 0 Å². The molecule has 24 heavy (non-hydrogen) atoms. The van der Waals surface area contributed by atoms with Crippen LogP contribution < -0.4 is 5.32 Å². The van der Waals surface area contributed by atoms with Gasteiger partial charge in [0, 0.05) is 33.2 Å². The topological polar surface area (TPSA) is 63.2 Å². The van der Waals surface area contributed by atoms with Gasteiger partial charge in [0.1, 0.15) is 5.71 Å². The first-order valence-electron chi connectivity index (χ1n) is 8.53. The molecule has 130 valence electrons. The fourth-order valence-electron chi connectivity index (χ4n) is 3.20. The number of amides is 1. The maximum Gasteiger partial charge on any atom is 0.269 e. The molecule has 1 amide bonds. The van der Waals surface area contributed by atoms with Gasteiger partial charge in [-0.05, 0) is 24.4 Å². The summed E-state index contributed by atoms with van der Waals surface area (Å²) in [6.07, 6.45) is 1.49. The third-order valence-electron chi connectivity index (χ3n) is 4.64. The fraction of sp³-hybridized carbons (Fsp3) is 0.556. The Balaban J connectivity index is 1.40. The Bertz CT molecular complexity index is 576. The van der Waals surface area contributed by atoms with Crippen molar-refractivity contribution < 1.29 is 14.4 Å². The van der Waals surface area contributed by atoms with Gasteiger partial charge in [0.15, 0.2) is 6.10 Å². The fourth-order valence-corrected chi connectivity index (χ4v) is 3.20. The van der Waals surface area contributed by atoms with Gasteiger partial charge in [0.25, 0.3) is 5.91 Å². The maximum atomic E-state index is 12.3. The molecule has 0 bridgehead atoms. The molecule has 0 radical (unpaired) electrons. The number of oxime groups is 1. The minimum Gasteiger partial charge on any atom is -0.387 e. The summed E-state index contributed by atoms with van der Waals surface area (Å²) in [5.74, 6) is 0.391. The molecule has 0 unspecified atom stereocenters. The first-order valence-corrected chi connectivity index (χ1v) is 8.53. The van der Waals surface area contributed by atoms with E-state index in [1.54, 1.807) is 7.11 Å². The van der Waals surface area contributed by atoms with Crippen LogP contribution in [0.5, 0.6) is 0 Å². The molecular weight excluding hydrogens is 306 g/mol. The molecular formula is C18H25N3O3. The lowest BCUT2D eigenvalue weighted by Crippen LogP contribution is -2.35. The van der Waals surface area contributed by atoms with Gasteiger partial charge in [-0.1, -0.05) is 35.5 Å². The number of rotatable bonds is 7. The highest BCUT2D eigenvalue weighted by Crippen LogP contribution is 2.26. The molecule has 6 nitrogen and oxygen atoms in total. The summed E-state index contributed by atoms with van der Waals surface area (Å²) in [6.45, 7) is 4.50. The lowest BCUT2D eigenvalue weighted by molar-refractivity contribution is -0.115. The van der Waals surface area contributed by atoms with Crippen molar-refractivity contribution in [2.24, 2.45) is 11.1 Å². The van der Waals surface area contributed by atoms with E-state index in [1.165, 1.54) is 0 Å². The van der Waals surface area contributed by atoms with Crippen LogP contribution in [0.2, 0.25) is 0 Å². The van der Waals surface area contributed by atoms with Crippen LogP contribution >= 0.6 is 0 Å². The van der Waals surface area contributed by atoms with E-state index in [9.17, 15) is 4.79 Å². The van der Waals surface area contributed by atoms with Gasteiger partial charge in [-0.15, -0.1) is 0 Å². The normalized spacial score (nSPS) is 23.8. The number of carbonyl (C=O) groups excluding carboxylic acids is 1. The van der Waals surface area contributed by atoms with Crippen molar-refractivity contribution in [2.75, 3.05) is 39.9 Å². The highest BCUT2D eigenvalue weighted by molar-refractivity contribution is 6.39. The zero-order valence-electron chi connectivity index (χ0n) is 14.1. The van der Waals surface area contributed by atoms with E-state index in [1.807, 2.05) is 30.3 Å². The lowest BCUT2D eigenvalue weighted by Gasteiger charge is -2.15. The van der Waals surface area contributed by atoms with Gasteiger partial charge >= 0.3 is 0 Å². The molecule has 1 aromatic rings. The molecule has 1 N–H and O–H groups in total. The Morgan fingerprint density at radius 2 is 2.25 bits per heavy atom. The third kappa shape index (κ3) is 4.33. The third-order valence-corrected chi connectivity index (χ3v) is 4.64. The van der Waals surface area contributed by atoms with Crippen LogP contribution in [0.1, 0.15) is 24.5 Å². The molecule has 1 saturated heterocycles. The number of nitrogens with one attached hydrogen (secondary N) is 1. The summed E-state index contributed by atoms with van der Waals surface area (Å²) in [7, 11) is 1.72. The molecule has 0 spiro atoms. The summed E-state index contributed by atoms with van der Waals surface area (Å²) in [6, 6.07) is 9.88. The van der Waals surface area contributed by atoms with Crippen LogP contribution in [0.15, 0.2) is 35.5 Å². The molecule has 1 aromatic carbocycles. The van der Waals surface area contributed by atoms with Crippen LogP contribution in [0.4, 0.5) is 0 Å². The molecule has 2 aliphatic heterocycles. The first-order chi connectivity index (χ1) is 11.8. The van der Waals surface area contributed by atoms with Crippen molar-refractivity contribution in [3.63, 3.8) is 0 Å². The zero-order valence-corrected chi connectivity index (χ0v) is 14.1. The Hall–Kier alpha value is -1.92. The lowest BCUT2D eigenvalue weighted by atomic mass is 10.0. The second kappa shape index (κ2) is 8.26. The van der Waals surface area contributed by atoms with Crippen LogP contribution in [0.3, 0.4) is 0 Å². The predicted molar refractivity (Wildman–Crippen MR) is 91.8 cm³/mol. The summed E-state index contributed by atoms with van der Waals surface area (Å²) in [4.78, 5) is 20.1. The molecule has 0 saturated carbocycles. The molecule has 1 fully saturated rings. The molecule has 2 aliphatic rings. The highest BCUT2D eigenvalue weighted by Gasteiger charge is 2.28. The first kappa shape index (κ1) is 16.9. The minimum absolute atomic E-state index is 0.108. The van der Waals surface area contributed by atoms with Crippen LogP contribution in [-0.4, -0.2) is 56.4 Å². The molecule has 3 rings (SSSR count). The second-order valence-corrected chi connectivity index (χ2v) is 6.40. The molecule has 2 heterocycles. The van der Waals surface area contributed by atoms with Gasteiger partial charge in [-0.25, -0.2) is 0 Å². The van der Waals surface area contributed by atoms with Crippen molar-refractivity contribution in [3.8, 4) is 0 Å².